The number of rotatable bonds is 8. The molecule has 0 fully saturated rings. The summed E-state index contributed by atoms with van der Waals surface area (Å²) in [4.78, 5) is 28.2. The molecule has 3 aromatic rings. The Morgan fingerprint density at radius 2 is 1.93 bits per heavy atom. The Labute approximate surface area is 174 Å². The molecule has 0 radical (unpaired) electrons. The van der Waals surface area contributed by atoms with Crippen LogP contribution in [0, 0.1) is 12.7 Å². The topological polar surface area (TPSA) is 81.4 Å². The van der Waals surface area contributed by atoms with E-state index >= 15 is 0 Å². The summed E-state index contributed by atoms with van der Waals surface area (Å²) in [7, 11) is 0. The number of anilines is 1. The number of halogens is 1. The number of benzene rings is 2. The molecule has 0 spiro atoms. The van der Waals surface area contributed by atoms with Gasteiger partial charge in [-0.1, -0.05) is 25.1 Å². The summed E-state index contributed by atoms with van der Waals surface area (Å²) in [5.41, 5.74) is 3.43. The molecule has 1 N–H and O–H groups in total. The van der Waals surface area contributed by atoms with Crippen LogP contribution in [0.1, 0.15) is 30.4 Å². The smallest absolute Gasteiger partial charge is 0.306 e. The van der Waals surface area contributed by atoms with Crippen LogP contribution in [0.25, 0.3) is 11.3 Å². The van der Waals surface area contributed by atoms with Crippen LogP contribution in [-0.4, -0.2) is 23.5 Å². The van der Waals surface area contributed by atoms with Crippen molar-refractivity contribution >= 4 is 17.6 Å². The number of para-hydroxylation sites is 1. The predicted octanol–water partition coefficient (Wildman–Crippen LogP) is 4.47. The highest BCUT2D eigenvalue weighted by Gasteiger charge is 2.13. The molecular formula is C23H23FN2O4. The Morgan fingerprint density at radius 3 is 2.67 bits per heavy atom. The van der Waals surface area contributed by atoms with Gasteiger partial charge in [0.15, 0.2) is 18.3 Å². The van der Waals surface area contributed by atoms with Gasteiger partial charge < -0.3 is 14.5 Å². The number of ether oxygens (including phenoxy) is 1. The molecule has 1 heterocycles. The Balaban J connectivity index is 1.46. The van der Waals surface area contributed by atoms with E-state index in [-0.39, 0.29) is 31.2 Å². The third-order valence-electron chi connectivity index (χ3n) is 4.59. The summed E-state index contributed by atoms with van der Waals surface area (Å²) in [5.74, 6) is -0.390. The molecule has 156 valence electrons. The van der Waals surface area contributed by atoms with Crippen LogP contribution in [-0.2, 0) is 27.2 Å². The zero-order chi connectivity index (χ0) is 21.5. The largest absolute Gasteiger partial charge is 0.456 e. The molecule has 0 unspecified atom stereocenters. The van der Waals surface area contributed by atoms with Crippen LogP contribution < -0.4 is 5.32 Å². The molecule has 0 atom stereocenters. The highest BCUT2D eigenvalue weighted by Crippen LogP contribution is 2.22. The molecular weight excluding hydrogens is 387 g/mol. The van der Waals surface area contributed by atoms with Gasteiger partial charge in [-0.05, 0) is 48.7 Å². The van der Waals surface area contributed by atoms with Crippen molar-refractivity contribution < 1.29 is 23.1 Å². The molecule has 0 saturated carbocycles. The Hall–Kier alpha value is -3.48. The third kappa shape index (κ3) is 5.53. The van der Waals surface area contributed by atoms with Crippen molar-refractivity contribution in [3.05, 3.63) is 71.5 Å². The van der Waals surface area contributed by atoms with Gasteiger partial charge in [0.1, 0.15) is 5.82 Å². The number of hydrogen-bond acceptors (Lipinski definition) is 5. The first kappa shape index (κ1) is 21.2. The van der Waals surface area contributed by atoms with Crippen LogP contribution in [0.3, 0.4) is 0 Å². The van der Waals surface area contributed by atoms with Crippen molar-refractivity contribution in [2.75, 3.05) is 11.9 Å². The Morgan fingerprint density at radius 1 is 1.17 bits per heavy atom. The van der Waals surface area contributed by atoms with Crippen LogP contribution in [0.2, 0.25) is 0 Å². The number of nitrogens with zero attached hydrogens (tertiary/aromatic N) is 1. The van der Waals surface area contributed by atoms with Gasteiger partial charge in [-0.25, -0.2) is 9.37 Å². The third-order valence-corrected chi connectivity index (χ3v) is 4.59. The van der Waals surface area contributed by atoms with E-state index in [1.165, 1.54) is 18.3 Å². The number of oxazole rings is 1. The van der Waals surface area contributed by atoms with Gasteiger partial charge >= 0.3 is 5.97 Å². The fraction of sp³-hybridized carbons (Fsp3) is 0.261. The van der Waals surface area contributed by atoms with Crippen molar-refractivity contribution in [3.63, 3.8) is 0 Å². The zero-order valence-electron chi connectivity index (χ0n) is 16.9. The number of carbonyl (C=O) groups excluding carboxylic acids is 2. The van der Waals surface area contributed by atoms with E-state index in [4.69, 9.17) is 9.15 Å². The van der Waals surface area contributed by atoms with Crippen molar-refractivity contribution in [1.29, 1.82) is 0 Å². The summed E-state index contributed by atoms with van der Waals surface area (Å²) >= 11 is 0. The number of aromatic nitrogens is 1. The minimum absolute atomic E-state index is 0.0290. The lowest BCUT2D eigenvalue weighted by atomic mass is 10.1. The maximum absolute atomic E-state index is 13.0. The van der Waals surface area contributed by atoms with Crippen LogP contribution in [0.4, 0.5) is 10.1 Å². The van der Waals surface area contributed by atoms with Gasteiger partial charge in [0.25, 0.3) is 5.91 Å². The summed E-state index contributed by atoms with van der Waals surface area (Å²) in [6, 6.07) is 11.6. The van der Waals surface area contributed by atoms with Gasteiger partial charge in [0.05, 0.1) is 12.6 Å². The second-order valence-corrected chi connectivity index (χ2v) is 6.80. The van der Waals surface area contributed by atoms with Crippen molar-refractivity contribution in [1.82, 2.24) is 4.98 Å². The minimum atomic E-state index is -0.521. The summed E-state index contributed by atoms with van der Waals surface area (Å²) in [6.07, 6.45) is 2.57. The molecule has 30 heavy (non-hydrogen) atoms. The second kappa shape index (κ2) is 9.82. The quantitative estimate of drug-likeness (QED) is 0.554. The first-order valence-corrected chi connectivity index (χ1v) is 9.71. The van der Waals surface area contributed by atoms with Crippen LogP contribution in [0.5, 0.6) is 0 Å². The van der Waals surface area contributed by atoms with E-state index in [0.29, 0.717) is 17.2 Å². The van der Waals surface area contributed by atoms with Crippen LogP contribution >= 0.6 is 0 Å². The molecule has 0 aliphatic rings. The number of nitrogens with one attached hydrogen (secondary N) is 1. The average molecular weight is 410 g/mol. The van der Waals surface area contributed by atoms with Gasteiger partial charge in [-0.2, -0.15) is 0 Å². The molecule has 0 saturated heterocycles. The lowest BCUT2D eigenvalue weighted by molar-refractivity contribution is -0.147. The molecule has 6 nitrogen and oxygen atoms in total. The molecule has 1 aromatic heterocycles. The number of carbonyl (C=O) groups is 2. The van der Waals surface area contributed by atoms with Crippen molar-refractivity contribution in [3.8, 4) is 11.3 Å². The van der Waals surface area contributed by atoms with Gasteiger partial charge in [0.2, 0.25) is 0 Å². The predicted molar refractivity (Wildman–Crippen MR) is 110 cm³/mol. The molecule has 7 heteroatoms. The van der Waals surface area contributed by atoms with E-state index in [0.717, 1.165) is 23.2 Å². The van der Waals surface area contributed by atoms with Crippen molar-refractivity contribution in [2.45, 2.75) is 33.1 Å². The average Bonchev–Trinajstić information content (AvgIpc) is 3.21. The zero-order valence-corrected chi connectivity index (χ0v) is 16.9. The van der Waals surface area contributed by atoms with E-state index in [9.17, 15) is 14.0 Å². The standard InChI is InChI=1S/C23H23FN2O4/c1-3-16-6-4-5-15(2)23(16)26-20(27)14-29-22(28)12-11-21-25-13-19(30-21)17-7-9-18(24)10-8-17/h4-10,13H,3,11-12,14H2,1-2H3,(H,26,27). The van der Waals surface area contributed by atoms with E-state index < -0.39 is 5.97 Å². The molecule has 1 amide bonds. The molecule has 0 bridgehead atoms. The summed E-state index contributed by atoms with van der Waals surface area (Å²) in [5, 5.41) is 2.81. The highest BCUT2D eigenvalue weighted by atomic mass is 19.1. The fourth-order valence-electron chi connectivity index (χ4n) is 2.98. The van der Waals surface area contributed by atoms with E-state index in [2.05, 4.69) is 10.3 Å². The fourth-order valence-corrected chi connectivity index (χ4v) is 2.98. The van der Waals surface area contributed by atoms with E-state index in [1.54, 1.807) is 12.1 Å². The maximum atomic E-state index is 13.0. The maximum Gasteiger partial charge on any atom is 0.306 e. The minimum Gasteiger partial charge on any atom is -0.456 e. The lowest BCUT2D eigenvalue weighted by Crippen LogP contribution is -2.22. The number of esters is 1. The van der Waals surface area contributed by atoms with E-state index in [1.807, 2.05) is 32.0 Å². The molecule has 3 rings (SSSR count). The monoisotopic (exact) mass is 410 g/mol. The highest BCUT2D eigenvalue weighted by molar-refractivity contribution is 5.94. The number of hydrogen-bond donors (Lipinski definition) is 1. The first-order chi connectivity index (χ1) is 14.5. The Bertz CT molecular complexity index is 1030. The van der Waals surface area contributed by atoms with Gasteiger partial charge in [-0.3, -0.25) is 9.59 Å². The molecule has 2 aromatic carbocycles. The first-order valence-electron chi connectivity index (χ1n) is 9.71. The summed E-state index contributed by atoms with van der Waals surface area (Å²) < 4.78 is 23.6. The second-order valence-electron chi connectivity index (χ2n) is 6.80. The SMILES string of the molecule is CCc1cccc(C)c1NC(=O)COC(=O)CCc1ncc(-c2ccc(F)cc2)o1. The van der Waals surface area contributed by atoms with Crippen molar-refractivity contribution in [2.24, 2.45) is 0 Å². The lowest BCUT2D eigenvalue weighted by Gasteiger charge is -2.13. The number of amides is 1. The van der Waals surface area contributed by atoms with Crippen LogP contribution in [0.15, 0.2) is 53.1 Å². The molecule has 0 aliphatic carbocycles. The molecule has 0 aliphatic heterocycles. The normalized spacial score (nSPS) is 10.6. The Kier molecular flexibility index (Phi) is 6.95. The summed E-state index contributed by atoms with van der Waals surface area (Å²) in [6.45, 7) is 3.56. The van der Waals surface area contributed by atoms with Gasteiger partial charge in [0, 0.05) is 17.7 Å². The van der Waals surface area contributed by atoms with Gasteiger partial charge in [-0.15, -0.1) is 0 Å². The number of aryl methyl sites for hydroxylation is 3.